The fourth-order valence-corrected chi connectivity index (χ4v) is 4.71. The monoisotopic (exact) mass is 459 g/mol. The fraction of sp³-hybridized carbons (Fsp3) is 0.176. The molecule has 0 fully saturated rings. The third-order valence-corrected chi connectivity index (χ3v) is 6.22. The van der Waals surface area contributed by atoms with Crippen molar-refractivity contribution in [2.24, 2.45) is 0 Å². The molecule has 6 heteroatoms. The van der Waals surface area contributed by atoms with E-state index in [1.54, 1.807) is 42.6 Å². The number of fused-ring (bicyclic) bond motifs is 1. The quantitative estimate of drug-likeness (QED) is 0.415. The molecule has 0 spiro atoms. The van der Waals surface area contributed by atoms with Crippen LogP contribution in [-0.2, 0) is 16.4 Å². The summed E-state index contributed by atoms with van der Waals surface area (Å²) in [4.78, 5) is 0.288. The van der Waals surface area contributed by atoms with Crippen molar-refractivity contribution in [2.45, 2.75) is 18.2 Å². The van der Waals surface area contributed by atoms with Gasteiger partial charge in [-0.1, -0.05) is 51.9 Å². The number of hydrogen-bond donors (Lipinski definition) is 0. The van der Waals surface area contributed by atoms with E-state index >= 15 is 0 Å². The summed E-state index contributed by atoms with van der Waals surface area (Å²) >= 11 is 8.37. The van der Waals surface area contributed by atoms with Crippen LogP contribution in [-0.4, -0.2) is 16.8 Å². The predicted molar refractivity (Wildman–Crippen MR) is 103 cm³/mol. The maximum Gasteiger partial charge on any atom is 0.268 e. The van der Waals surface area contributed by atoms with Gasteiger partial charge in [0, 0.05) is 21.0 Å². The average Bonchev–Trinajstić information content (AvgIpc) is 2.87. The SMILES string of the molecule is Cc1ccc(S(=O)(=O)n2cc(CCI)c3cc(Cl)ccc32)cc1. The van der Waals surface area contributed by atoms with E-state index in [1.807, 2.05) is 13.0 Å². The number of nitrogens with zero attached hydrogens (tertiary/aromatic N) is 1. The molecular weight excluding hydrogens is 445 g/mol. The molecule has 0 saturated carbocycles. The van der Waals surface area contributed by atoms with Gasteiger partial charge in [-0.2, -0.15) is 0 Å². The van der Waals surface area contributed by atoms with Crippen LogP contribution in [0.15, 0.2) is 53.6 Å². The molecule has 0 amide bonds. The van der Waals surface area contributed by atoms with Crippen LogP contribution in [0, 0.1) is 6.92 Å². The molecule has 0 aliphatic rings. The Labute approximate surface area is 154 Å². The third-order valence-electron chi connectivity index (χ3n) is 3.76. The molecule has 0 saturated heterocycles. The van der Waals surface area contributed by atoms with Gasteiger partial charge < -0.3 is 0 Å². The zero-order valence-corrected chi connectivity index (χ0v) is 16.2. The highest BCUT2D eigenvalue weighted by atomic mass is 127. The maximum atomic E-state index is 13.0. The van der Waals surface area contributed by atoms with Gasteiger partial charge in [-0.15, -0.1) is 0 Å². The minimum atomic E-state index is -3.62. The molecule has 0 radical (unpaired) electrons. The Morgan fingerprint density at radius 1 is 1.13 bits per heavy atom. The molecule has 0 unspecified atom stereocenters. The minimum Gasteiger partial charge on any atom is -0.241 e. The van der Waals surface area contributed by atoms with Crippen LogP contribution in [0.2, 0.25) is 5.02 Å². The fourth-order valence-electron chi connectivity index (χ4n) is 2.56. The first kappa shape index (κ1) is 16.8. The van der Waals surface area contributed by atoms with Gasteiger partial charge in [-0.05, 0) is 49.2 Å². The highest BCUT2D eigenvalue weighted by Gasteiger charge is 2.21. The number of aryl methyl sites for hydroxylation is 2. The van der Waals surface area contributed by atoms with Crippen LogP contribution in [0.1, 0.15) is 11.1 Å². The molecule has 3 rings (SSSR count). The average molecular weight is 460 g/mol. The second kappa shape index (κ2) is 6.45. The van der Waals surface area contributed by atoms with E-state index in [0.717, 1.165) is 27.4 Å². The van der Waals surface area contributed by atoms with E-state index in [2.05, 4.69) is 22.6 Å². The Hall–Kier alpha value is -1.05. The molecular formula is C17H15ClINO2S. The maximum absolute atomic E-state index is 13.0. The van der Waals surface area contributed by atoms with Gasteiger partial charge in [0.05, 0.1) is 10.4 Å². The smallest absolute Gasteiger partial charge is 0.241 e. The zero-order valence-electron chi connectivity index (χ0n) is 12.5. The summed E-state index contributed by atoms with van der Waals surface area (Å²) in [7, 11) is -3.62. The molecule has 23 heavy (non-hydrogen) atoms. The van der Waals surface area contributed by atoms with Gasteiger partial charge in [-0.3, -0.25) is 0 Å². The Balaban J connectivity index is 2.25. The molecule has 1 heterocycles. The molecule has 0 aliphatic carbocycles. The van der Waals surface area contributed by atoms with Crippen molar-refractivity contribution in [1.82, 2.24) is 3.97 Å². The van der Waals surface area contributed by atoms with Gasteiger partial charge >= 0.3 is 0 Å². The second-order valence-corrected chi connectivity index (χ2v) is 8.70. The molecule has 1 aromatic heterocycles. The van der Waals surface area contributed by atoms with Crippen LogP contribution in [0.4, 0.5) is 0 Å². The van der Waals surface area contributed by atoms with E-state index in [1.165, 1.54) is 3.97 Å². The summed E-state index contributed by atoms with van der Waals surface area (Å²) in [5, 5.41) is 1.50. The van der Waals surface area contributed by atoms with Gasteiger partial charge in [0.1, 0.15) is 0 Å². The van der Waals surface area contributed by atoms with Crippen LogP contribution in [0.25, 0.3) is 10.9 Å². The molecule has 2 aromatic carbocycles. The summed E-state index contributed by atoms with van der Waals surface area (Å²) < 4.78 is 28.3. The lowest BCUT2D eigenvalue weighted by Gasteiger charge is -2.08. The first-order chi connectivity index (χ1) is 10.9. The van der Waals surface area contributed by atoms with Gasteiger partial charge in [0.2, 0.25) is 0 Å². The van der Waals surface area contributed by atoms with Crippen LogP contribution in [0.5, 0.6) is 0 Å². The molecule has 0 aliphatic heterocycles. The second-order valence-electron chi connectivity index (χ2n) is 5.37. The number of alkyl halides is 1. The van der Waals surface area contributed by atoms with Crippen LogP contribution >= 0.6 is 34.2 Å². The lowest BCUT2D eigenvalue weighted by atomic mass is 10.1. The lowest BCUT2D eigenvalue weighted by molar-refractivity contribution is 0.589. The van der Waals surface area contributed by atoms with Crippen LogP contribution in [0.3, 0.4) is 0 Å². The van der Waals surface area contributed by atoms with E-state index in [0.29, 0.717) is 10.5 Å². The zero-order chi connectivity index (χ0) is 16.6. The Kier molecular flexibility index (Phi) is 4.71. The molecule has 0 N–H and O–H groups in total. The van der Waals surface area contributed by atoms with Crippen molar-refractivity contribution in [3.63, 3.8) is 0 Å². The summed E-state index contributed by atoms with van der Waals surface area (Å²) in [6, 6.07) is 12.2. The number of hydrogen-bond acceptors (Lipinski definition) is 2. The highest BCUT2D eigenvalue weighted by Crippen LogP contribution is 2.29. The minimum absolute atomic E-state index is 0.288. The van der Waals surface area contributed by atoms with Crippen molar-refractivity contribution in [3.8, 4) is 0 Å². The lowest BCUT2D eigenvalue weighted by Crippen LogP contribution is -2.11. The van der Waals surface area contributed by atoms with Gasteiger partial charge in [0.15, 0.2) is 0 Å². The van der Waals surface area contributed by atoms with Crippen molar-refractivity contribution in [3.05, 3.63) is 64.8 Å². The predicted octanol–water partition coefficient (Wildman–Crippen LogP) is 4.82. The van der Waals surface area contributed by atoms with Gasteiger partial charge in [-0.25, -0.2) is 12.4 Å². The Morgan fingerprint density at radius 3 is 2.48 bits per heavy atom. The van der Waals surface area contributed by atoms with Crippen molar-refractivity contribution in [2.75, 3.05) is 4.43 Å². The van der Waals surface area contributed by atoms with Crippen LogP contribution < -0.4 is 0 Å². The highest BCUT2D eigenvalue weighted by molar-refractivity contribution is 14.1. The first-order valence-corrected chi connectivity index (χ1v) is 10.5. The molecule has 0 bridgehead atoms. The summed E-state index contributed by atoms with van der Waals surface area (Å²) in [5.41, 5.74) is 2.68. The largest absolute Gasteiger partial charge is 0.268 e. The Bertz CT molecular complexity index is 962. The van der Waals surface area contributed by atoms with E-state index in [9.17, 15) is 8.42 Å². The number of halogens is 2. The molecule has 0 atom stereocenters. The normalized spacial score (nSPS) is 12.0. The number of benzene rings is 2. The topological polar surface area (TPSA) is 39.1 Å². The third kappa shape index (κ3) is 3.14. The van der Waals surface area contributed by atoms with Crippen molar-refractivity contribution in [1.29, 1.82) is 0 Å². The van der Waals surface area contributed by atoms with Crippen molar-refractivity contribution >= 4 is 55.1 Å². The first-order valence-electron chi connectivity index (χ1n) is 7.11. The summed E-state index contributed by atoms with van der Waals surface area (Å²) in [6.07, 6.45) is 2.52. The van der Waals surface area contributed by atoms with E-state index in [4.69, 9.17) is 11.6 Å². The van der Waals surface area contributed by atoms with E-state index in [-0.39, 0.29) is 4.90 Å². The van der Waals surface area contributed by atoms with Crippen molar-refractivity contribution < 1.29 is 8.42 Å². The van der Waals surface area contributed by atoms with Gasteiger partial charge in [0.25, 0.3) is 10.0 Å². The molecule has 3 nitrogen and oxygen atoms in total. The molecule has 3 aromatic rings. The standard InChI is InChI=1S/C17H15ClINO2S/c1-12-2-5-15(6-3-12)23(21,22)20-11-13(8-9-19)16-10-14(18)4-7-17(16)20/h2-7,10-11H,8-9H2,1H3. The van der Waals surface area contributed by atoms with E-state index < -0.39 is 10.0 Å². The number of rotatable bonds is 4. The summed E-state index contributed by atoms with van der Waals surface area (Å²) in [6.45, 7) is 1.93. The number of aromatic nitrogens is 1. The Morgan fingerprint density at radius 2 is 1.83 bits per heavy atom. The summed E-state index contributed by atoms with van der Waals surface area (Å²) in [5.74, 6) is 0. The molecule has 120 valence electrons.